The van der Waals surface area contributed by atoms with Crippen LogP contribution in [0.5, 0.6) is 0 Å². The van der Waals surface area contributed by atoms with Crippen molar-refractivity contribution in [2.24, 2.45) is 5.92 Å². The second kappa shape index (κ2) is 5.87. The first-order chi connectivity index (χ1) is 8.67. The smallest absolute Gasteiger partial charge is 0.111 e. The van der Waals surface area contributed by atoms with Crippen LogP contribution in [-0.2, 0) is 13.0 Å². The minimum absolute atomic E-state index is 0.518. The Morgan fingerprint density at radius 1 is 1.50 bits per heavy atom. The normalized spacial score (nSPS) is 28.5. The predicted molar refractivity (Wildman–Crippen MR) is 73.4 cm³/mol. The van der Waals surface area contributed by atoms with Gasteiger partial charge in [0.1, 0.15) is 5.82 Å². The lowest BCUT2D eigenvalue weighted by molar-refractivity contribution is -0.0183. The fraction of sp³-hybridized carbons (Fsp3) is 0.800. The van der Waals surface area contributed by atoms with Gasteiger partial charge >= 0.3 is 0 Å². The molecule has 1 N–H and O–H groups in total. The van der Waals surface area contributed by atoms with Crippen LogP contribution in [0.1, 0.15) is 58.2 Å². The van der Waals surface area contributed by atoms with Gasteiger partial charge < -0.3 is 9.67 Å². The third-order valence-electron chi connectivity index (χ3n) is 4.25. The summed E-state index contributed by atoms with van der Waals surface area (Å²) in [6.45, 7) is 5.41. The van der Waals surface area contributed by atoms with Gasteiger partial charge in [-0.1, -0.05) is 33.1 Å². The molecular weight excluding hydrogens is 224 g/mol. The zero-order valence-electron chi connectivity index (χ0n) is 11.7. The van der Waals surface area contributed by atoms with Crippen LogP contribution in [-0.4, -0.2) is 20.3 Å². The Kier molecular flexibility index (Phi) is 4.44. The highest BCUT2D eigenvalue weighted by Crippen LogP contribution is 2.36. The van der Waals surface area contributed by atoms with Crippen molar-refractivity contribution < 1.29 is 5.11 Å². The van der Waals surface area contributed by atoms with Crippen molar-refractivity contribution in [2.75, 3.05) is 0 Å². The number of hydrogen-bond donors (Lipinski definition) is 1. The maximum atomic E-state index is 10.8. The molecule has 0 bridgehead atoms. The van der Waals surface area contributed by atoms with E-state index in [1.54, 1.807) is 0 Å². The molecule has 18 heavy (non-hydrogen) atoms. The molecule has 3 nitrogen and oxygen atoms in total. The fourth-order valence-corrected chi connectivity index (χ4v) is 3.22. The van der Waals surface area contributed by atoms with E-state index in [0.717, 1.165) is 44.5 Å². The molecule has 0 amide bonds. The van der Waals surface area contributed by atoms with E-state index in [-0.39, 0.29) is 0 Å². The summed E-state index contributed by atoms with van der Waals surface area (Å²) in [5.74, 6) is 1.74. The molecule has 2 unspecified atom stereocenters. The third kappa shape index (κ3) is 3.14. The van der Waals surface area contributed by atoms with Crippen LogP contribution < -0.4 is 0 Å². The second-order valence-corrected chi connectivity index (χ2v) is 5.81. The Hall–Kier alpha value is -0.830. The Balaban J connectivity index is 2.04. The lowest BCUT2D eigenvalue weighted by atomic mass is 9.75. The molecule has 0 aromatic carbocycles. The van der Waals surface area contributed by atoms with Crippen LogP contribution in [0.2, 0.25) is 0 Å². The van der Waals surface area contributed by atoms with E-state index in [0.29, 0.717) is 5.92 Å². The summed E-state index contributed by atoms with van der Waals surface area (Å²) < 4.78 is 2.19. The van der Waals surface area contributed by atoms with E-state index in [9.17, 15) is 5.11 Å². The van der Waals surface area contributed by atoms with Crippen molar-refractivity contribution in [3.8, 4) is 0 Å². The van der Waals surface area contributed by atoms with E-state index in [1.807, 2.05) is 12.4 Å². The van der Waals surface area contributed by atoms with Crippen molar-refractivity contribution in [1.82, 2.24) is 9.55 Å². The van der Waals surface area contributed by atoms with Crippen LogP contribution in [0.15, 0.2) is 12.4 Å². The van der Waals surface area contributed by atoms with Gasteiger partial charge in [0.2, 0.25) is 0 Å². The molecular formula is C15H26N2O. The van der Waals surface area contributed by atoms with E-state index in [4.69, 9.17) is 0 Å². The van der Waals surface area contributed by atoms with Crippen molar-refractivity contribution in [3.05, 3.63) is 18.2 Å². The van der Waals surface area contributed by atoms with Gasteiger partial charge in [-0.05, 0) is 25.2 Å². The standard InChI is InChI=1S/C15H26N2O/c1-3-9-17-10-8-16-14(17)12-15(18)7-5-6-13(4-2)11-15/h8,10,13,18H,3-7,9,11-12H2,1-2H3. The monoisotopic (exact) mass is 250 g/mol. The molecule has 0 spiro atoms. The lowest BCUT2D eigenvalue weighted by Crippen LogP contribution is -2.38. The number of aliphatic hydroxyl groups is 1. The van der Waals surface area contributed by atoms with Gasteiger partial charge in [0.15, 0.2) is 0 Å². The Morgan fingerprint density at radius 2 is 2.33 bits per heavy atom. The highest BCUT2D eigenvalue weighted by Gasteiger charge is 2.34. The molecule has 1 heterocycles. The van der Waals surface area contributed by atoms with Crippen LogP contribution in [0, 0.1) is 5.92 Å². The van der Waals surface area contributed by atoms with Gasteiger partial charge in [-0.25, -0.2) is 4.98 Å². The summed E-state index contributed by atoms with van der Waals surface area (Å²) in [5, 5.41) is 10.8. The van der Waals surface area contributed by atoms with Gasteiger partial charge in [-0.2, -0.15) is 0 Å². The number of rotatable bonds is 5. The number of imidazole rings is 1. The molecule has 1 aromatic rings. The van der Waals surface area contributed by atoms with Crippen molar-refractivity contribution in [3.63, 3.8) is 0 Å². The fourth-order valence-electron chi connectivity index (χ4n) is 3.22. The zero-order chi connectivity index (χ0) is 13.0. The first-order valence-corrected chi connectivity index (χ1v) is 7.39. The van der Waals surface area contributed by atoms with Crippen molar-refractivity contribution in [1.29, 1.82) is 0 Å². The summed E-state index contributed by atoms with van der Waals surface area (Å²) >= 11 is 0. The average molecular weight is 250 g/mol. The van der Waals surface area contributed by atoms with Gasteiger partial charge in [-0.3, -0.25) is 0 Å². The molecule has 2 atom stereocenters. The molecule has 2 rings (SSSR count). The summed E-state index contributed by atoms with van der Waals surface area (Å²) in [5.41, 5.74) is -0.518. The number of nitrogens with zero attached hydrogens (tertiary/aromatic N) is 2. The SMILES string of the molecule is CCCn1ccnc1CC1(O)CCCC(CC)C1. The maximum absolute atomic E-state index is 10.8. The van der Waals surface area contributed by atoms with Crippen LogP contribution >= 0.6 is 0 Å². The topological polar surface area (TPSA) is 38.0 Å². The van der Waals surface area contributed by atoms with E-state index >= 15 is 0 Å². The quantitative estimate of drug-likeness (QED) is 0.871. The molecule has 3 heteroatoms. The summed E-state index contributed by atoms with van der Waals surface area (Å²) in [4.78, 5) is 4.43. The van der Waals surface area contributed by atoms with Crippen molar-refractivity contribution in [2.45, 2.75) is 70.9 Å². The first kappa shape index (κ1) is 13.6. The Bertz CT molecular complexity index is 374. The van der Waals surface area contributed by atoms with Gasteiger partial charge in [0, 0.05) is 25.4 Å². The summed E-state index contributed by atoms with van der Waals surface area (Å²) in [6, 6.07) is 0. The van der Waals surface area contributed by atoms with Gasteiger partial charge in [-0.15, -0.1) is 0 Å². The average Bonchev–Trinajstić information content (AvgIpc) is 2.76. The maximum Gasteiger partial charge on any atom is 0.111 e. The highest BCUT2D eigenvalue weighted by molar-refractivity contribution is 5.00. The molecule has 102 valence electrons. The van der Waals surface area contributed by atoms with Crippen LogP contribution in [0.3, 0.4) is 0 Å². The largest absolute Gasteiger partial charge is 0.389 e. The lowest BCUT2D eigenvalue weighted by Gasteiger charge is -2.36. The number of aromatic nitrogens is 2. The number of hydrogen-bond acceptors (Lipinski definition) is 2. The summed E-state index contributed by atoms with van der Waals surface area (Å²) in [7, 11) is 0. The molecule has 1 aliphatic rings. The molecule has 0 radical (unpaired) electrons. The molecule has 1 aromatic heterocycles. The van der Waals surface area contributed by atoms with Gasteiger partial charge in [0.05, 0.1) is 5.60 Å². The van der Waals surface area contributed by atoms with Crippen molar-refractivity contribution >= 4 is 0 Å². The molecule has 0 aliphatic heterocycles. The third-order valence-corrected chi connectivity index (χ3v) is 4.25. The number of aryl methyl sites for hydroxylation is 1. The zero-order valence-corrected chi connectivity index (χ0v) is 11.7. The van der Waals surface area contributed by atoms with Crippen LogP contribution in [0.25, 0.3) is 0 Å². The molecule has 1 saturated carbocycles. The highest BCUT2D eigenvalue weighted by atomic mass is 16.3. The molecule has 1 aliphatic carbocycles. The first-order valence-electron chi connectivity index (χ1n) is 7.39. The van der Waals surface area contributed by atoms with Gasteiger partial charge in [0.25, 0.3) is 0 Å². The molecule has 0 saturated heterocycles. The Labute approximate surface area is 110 Å². The van der Waals surface area contributed by atoms with E-state index < -0.39 is 5.60 Å². The predicted octanol–water partition coefficient (Wildman–Crippen LogP) is 3.17. The summed E-state index contributed by atoms with van der Waals surface area (Å²) in [6.07, 6.45) is 11.2. The Morgan fingerprint density at radius 3 is 3.06 bits per heavy atom. The molecule has 1 fully saturated rings. The van der Waals surface area contributed by atoms with E-state index in [2.05, 4.69) is 23.4 Å². The second-order valence-electron chi connectivity index (χ2n) is 5.81. The minimum Gasteiger partial charge on any atom is -0.389 e. The minimum atomic E-state index is -0.518. The van der Waals surface area contributed by atoms with Crippen LogP contribution in [0.4, 0.5) is 0 Å². The van der Waals surface area contributed by atoms with E-state index in [1.165, 1.54) is 12.8 Å².